The second-order valence-electron chi connectivity index (χ2n) is 7.68. The maximum Gasteiger partial charge on any atom is 0.408 e. The first kappa shape index (κ1) is 21.9. The van der Waals surface area contributed by atoms with E-state index in [1.165, 1.54) is 0 Å². The van der Waals surface area contributed by atoms with E-state index in [2.05, 4.69) is 15.6 Å². The number of benzene rings is 2. The largest absolute Gasteiger partial charge is 0.481 e. The summed E-state index contributed by atoms with van der Waals surface area (Å²) in [4.78, 5) is 39.3. The number of hydrogen-bond donors (Lipinski definition) is 4. The number of aromatic nitrogens is 1. The Bertz CT molecular complexity index is 1090. The van der Waals surface area contributed by atoms with E-state index in [9.17, 15) is 14.4 Å². The monoisotopic (exact) mass is 423 g/mol. The molecule has 0 unspecified atom stereocenters. The molecular formula is C23H25N3O5. The van der Waals surface area contributed by atoms with Crippen LogP contribution < -0.4 is 10.6 Å². The van der Waals surface area contributed by atoms with E-state index in [1.807, 2.05) is 54.6 Å². The molecule has 3 aromatic rings. The molecule has 0 atom stereocenters. The first-order valence-corrected chi connectivity index (χ1v) is 9.88. The van der Waals surface area contributed by atoms with Crippen LogP contribution in [-0.2, 0) is 27.4 Å². The summed E-state index contributed by atoms with van der Waals surface area (Å²) < 4.78 is 5.20. The summed E-state index contributed by atoms with van der Waals surface area (Å²) >= 11 is 0. The third kappa shape index (κ3) is 5.63. The fourth-order valence-electron chi connectivity index (χ4n) is 3.14. The number of ether oxygens (including phenoxy) is 1. The van der Waals surface area contributed by atoms with Gasteiger partial charge in [0, 0.05) is 22.9 Å². The third-order valence-corrected chi connectivity index (χ3v) is 4.84. The third-order valence-electron chi connectivity index (χ3n) is 4.84. The number of carbonyl (C=O) groups is 3. The van der Waals surface area contributed by atoms with Crippen LogP contribution in [0.15, 0.2) is 54.6 Å². The number of nitrogens with one attached hydrogen (secondary N) is 3. The molecule has 0 aliphatic heterocycles. The zero-order valence-electron chi connectivity index (χ0n) is 17.4. The normalized spacial score (nSPS) is 11.2. The molecule has 0 bridgehead atoms. The Morgan fingerprint density at radius 2 is 1.71 bits per heavy atom. The van der Waals surface area contributed by atoms with Crippen molar-refractivity contribution < 1.29 is 24.2 Å². The highest BCUT2D eigenvalue weighted by Crippen LogP contribution is 2.28. The highest BCUT2D eigenvalue weighted by atomic mass is 16.5. The number of aliphatic carboxylic acids is 1. The molecular weight excluding hydrogens is 398 g/mol. The molecule has 31 heavy (non-hydrogen) atoms. The zero-order valence-corrected chi connectivity index (χ0v) is 17.4. The minimum absolute atomic E-state index is 0.0713. The molecule has 8 nitrogen and oxygen atoms in total. The molecule has 2 aromatic carbocycles. The lowest BCUT2D eigenvalue weighted by molar-refractivity contribution is -0.136. The van der Waals surface area contributed by atoms with Gasteiger partial charge in [-0.15, -0.1) is 0 Å². The summed E-state index contributed by atoms with van der Waals surface area (Å²) in [6, 6.07) is 16.6. The number of carbonyl (C=O) groups excluding carboxylic acids is 2. The van der Waals surface area contributed by atoms with E-state index in [0.29, 0.717) is 11.4 Å². The van der Waals surface area contributed by atoms with Gasteiger partial charge in [-0.1, -0.05) is 48.5 Å². The first-order valence-electron chi connectivity index (χ1n) is 9.88. The number of carboxylic acid groups (broad SMARTS) is 1. The van der Waals surface area contributed by atoms with Crippen molar-refractivity contribution in [3.8, 4) is 0 Å². The van der Waals surface area contributed by atoms with Crippen LogP contribution in [0.2, 0.25) is 0 Å². The van der Waals surface area contributed by atoms with Gasteiger partial charge in [-0.3, -0.25) is 9.59 Å². The number of fused-ring (bicyclic) bond motifs is 1. The number of amides is 2. The van der Waals surface area contributed by atoms with Crippen molar-refractivity contribution in [2.45, 2.75) is 38.8 Å². The second kappa shape index (κ2) is 9.34. The molecule has 0 saturated heterocycles. The van der Waals surface area contributed by atoms with Crippen LogP contribution in [0.3, 0.4) is 0 Å². The summed E-state index contributed by atoms with van der Waals surface area (Å²) in [6.07, 6.45) is -0.535. The van der Waals surface area contributed by atoms with Crippen molar-refractivity contribution in [2.75, 3.05) is 5.32 Å². The summed E-state index contributed by atoms with van der Waals surface area (Å²) in [5.41, 5.74) is 1.05. The van der Waals surface area contributed by atoms with Crippen molar-refractivity contribution in [3.05, 3.63) is 65.7 Å². The minimum atomic E-state index is -1.27. The van der Waals surface area contributed by atoms with Crippen LogP contribution in [0.4, 0.5) is 10.6 Å². The molecule has 0 aliphatic rings. The Kier molecular flexibility index (Phi) is 6.59. The average molecular weight is 423 g/mol. The number of hydrogen-bond acceptors (Lipinski definition) is 4. The second-order valence-corrected chi connectivity index (χ2v) is 7.68. The predicted octanol–water partition coefficient (Wildman–Crippen LogP) is 3.83. The molecule has 1 aromatic heterocycles. The summed E-state index contributed by atoms with van der Waals surface area (Å²) in [5.74, 6) is -0.974. The van der Waals surface area contributed by atoms with Gasteiger partial charge >= 0.3 is 12.1 Å². The smallest absolute Gasteiger partial charge is 0.408 e. The van der Waals surface area contributed by atoms with Crippen molar-refractivity contribution >= 4 is 34.7 Å². The van der Waals surface area contributed by atoms with Gasteiger partial charge in [0.15, 0.2) is 0 Å². The van der Waals surface area contributed by atoms with E-state index in [4.69, 9.17) is 9.84 Å². The van der Waals surface area contributed by atoms with Crippen LogP contribution >= 0.6 is 0 Å². The van der Waals surface area contributed by atoms with Crippen LogP contribution in [-0.4, -0.2) is 33.6 Å². The van der Waals surface area contributed by atoms with Crippen LogP contribution in [0.25, 0.3) is 10.9 Å². The quantitative estimate of drug-likeness (QED) is 0.439. The highest BCUT2D eigenvalue weighted by Gasteiger charge is 2.31. The van der Waals surface area contributed by atoms with E-state index in [0.717, 1.165) is 16.5 Å². The zero-order chi connectivity index (χ0) is 22.4. The molecule has 0 radical (unpaired) electrons. The number of rotatable bonds is 8. The van der Waals surface area contributed by atoms with Gasteiger partial charge in [-0.2, -0.15) is 0 Å². The van der Waals surface area contributed by atoms with Crippen LogP contribution in [0.1, 0.15) is 31.4 Å². The van der Waals surface area contributed by atoms with Crippen molar-refractivity contribution in [1.82, 2.24) is 10.3 Å². The molecule has 0 spiro atoms. The van der Waals surface area contributed by atoms with Crippen molar-refractivity contribution in [3.63, 3.8) is 0 Å². The Balaban J connectivity index is 1.69. The van der Waals surface area contributed by atoms with E-state index in [1.54, 1.807) is 13.8 Å². The number of alkyl carbamates (subject to hydrolysis) is 1. The SMILES string of the molecule is CC(C)(NC(=O)OCc1ccccc1)C(=O)Nc1[nH]c2ccccc2c1CCC(=O)O. The molecule has 4 N–H and O–H groups in total. The van der Waals surface area contributed by atoms with Crippen molar-refractivity contribution in [2.24, 2.45) is 0 Å². The van der Waals surface area contributed by atoms with Gasteiger partial charge in [-0.25, -0.2) is 4.79 Å². The maximum atomic E-state index is 12.9. The Labute approximate surface area is 179 Å². The van der Waals surface area contributed by atoms with Gasteiger partial charge in [0.2, 0.25) is 0 Å². The Hall–Kier alpha value is -3.81. The number of aromatic amines is 1. The van der Waals surface area contributed by atoms with Gasteiger partial charge in [0.1, 0.15) is 18.0 Å². The lowest BCUT2D eigenvalue weighted by Gasteiger charge is -2.24. The summed E-state index contributed by atoms with van der Waals surface area (Å²) in [6.45, 7) is 3.21. The van der Waals surface area contributed by atoms with Crippen LogP contribution in [0, 0.1) is 0 Å². The number of aryl methyl sites for hydroxylation is 1. The molecule has 162 valence electrons. The first-order chi connectivity index (χ1) is 14.8. The van der Waals surface area contributed by atoms with E-state index >= 15 is 0 Å². The van der Waals surface area contributed by atoms with Gasteiger partial charge in [-0.05, 0) is 31.9 Å². The molecule has 2 amide bonds. The summed E-state index contributed by atoms with van der Waals surface area (Å²) in [5, 5.41) is 15.3. The van der Waals surface area contributed by atoms with Crippen LogP contribution in [0.5, 0.6) is 0 Å². The number of para-hydroxylation sites is 1. The molecule has 1 heterocycles. The topological polar surface area (TPSA) is 121 Å². The van der Waals surface area contributed by atoms with Gasteiger partial charge in [0.25, 0.3) is 5.91 Å². The molecule has 0 fully saturated rings. The fraction of sp³-hybridized carbons (Fsp3) is 0.261. The Morgan fingerprint density at radius 1 is 1.03 bits per heavy atom. The van der Waals surface area contributed by atoms with Crippen molar-refractivity contribution in [1.29, 1.82) is 0 Å². The molecule has 0 aliphatic carbocycles. The standard InChI is InChI=1S/C23H25N3O5/c1-23(2,26-22(30)31-14-15-8-4-3-5-9-15)21(29)25-20-17(12-13-19(27)28)16-10-6-7-11-18(16)24-20/h3-11,24H,12-14H2,1-2H3,(H,25,29)(H,26,30)(H,27,28). The number of carboxylic acids is 1. The molecule has 8 heteroatoms. The van der Waals surface area contributed by atoms with E-state index in [-0.39, 0.29) is 19.4 Å². The average Bonchev–Trinajstić information content (AvgIpc) is 3.08. The lowest BCUT2D eigenvalue weighted by Crippen LogP contribution is -2.52. The fourth-order valence-corrected chi connectivity index (χ4v) is 3.14. The van der Waals surface area contributed by atoms with Gasteiger partial charge < -0.3 is 25.5 Å². The predicted molar refractivity (Wildman–Crippen MR) is 117 cm³/mol. The Morgan fingerprint density at radius 3 is 2.42 bits per heavy atom. The maximum absolute atomic E-state index is 12.9. The molecule has 0 saturated carbocycles. The minimum Gasteiger partial charge on any atom is -0.481 e. The van der Waals surface area contributed by atoms with E-state index < -0.39 is 23.5 Å². The lowest BCUT2D eigenvalue weighted by atomic mass is 10.0. The highest BCUT2D eigenvalue weighted by molar-refractivity contribution is 6.02. The number of H-pyrrole nitrogens is 1. The summed E-state index contributed by atoms with van der Waals surface area (Å²) in [7, 11) is 0. The molecule has 3 rings (SSSR count). The van der Waals surface area contributed by atoms with Gasteiger partial charge in [0.05, 0.1) is 0 Å². The number of anilines is 1.